The average molecular weight is 283 g/mol. The highest BCUT2D eigenvalue weighted by Crippen LogP contribution is 2.26. The Labute approximate surface area is 119 Å². The van der Waals surface area contributed by atoms with E-state index in [1.165, 1.54) is 6.07 Å². The molecule has 1 saturated heterocycles. The van der Waals surface area contributed by atoms with E-state index in [0.29, 0.717) is 6.54 Å². The SMILES string of the molecule is CN1CCCN(C(CN)c2cccc(C(F)F)c2)CC1. The number of likely N-dealkylation sites (N-methyl/N-ethyl adjacent to an activating group) is 1. The van der Waals surface area contributed by atoms with Crippen LogP contribution >= 0.6 is 0 Å². The third kappa shape index (κ3) is 3.75. The minimum absolute atomic E-state index is 0.0280. The molecule has 0 radical (unpaired) electrons. The van der Waals surface area contributed by atoms with Crippen LogP contribution in [-0.2, 0) is 0 Å². The molecule has 1 heterocycles. The molecular formula is C15H23F2N3. The van der Waals surface area contributed by atoms with E-state index in [1.807, 2.05) is 6.07 Å². The fraction of sp³-hybridized carbons (Fsp3) is 0.600. The van der Waals surface area contributed by atoms with Crippen molar-refractivity contribution in [1.29, 1.82) is 0 Å². The Morgan fingerprint density at radius 1 is 1.15 bits per heavy atom. The van der Waals surface area contributed by atoms with Crippen molar-refractivity contribution >= 4 is 0 Å². The summed E-state index contributed by atoms with van der Waals surface area (Å²) in [6, 6.07) is 6.69. The van der Waals surface area contributed by atoms with E-state index < -0.39 is 6.43 Å². The maximum absolute atomic E-state index is 12.8. The lowest BCUT2D eigenvalue weighted by atomic mass is 10.0. The Bertz CT molecular complexity index is 425. The molecule has 0 amide bonds. The summed E-state index contributed by atoms with van der Waals surface area (Å²) in [5.74, 6) is 0. The molecule has 0 spiro atoms. The van der Waals surface area contributed by atoms with Gasteiger partial charge in [0.2, 0.25) is 0 Å². The molecule has 0 saturated carbocycles. The van der Waals surface area contributed by atoms with Gasteiger partial charge >= 0.3 is 0 Å². The molecule has 0 aliphatic carbocycles. The first-order chi connectivity index (χ1) is 9.61. The summed E-state index contributed by atoms with van der Waals surface area (Å²) < 4.78 is 25.6. The van der Waals surface area contributed by atoms with Crippen LogP contribution < -0.4 is 5.73 Å². The Morgan fingerprint density at radius 2 is 1.90 bits per heavy atom. The van der Waals surface area contributed by atoms with Gasteiger partial charge in [0.1, 0.15) is 0 Å². The molecule has 0 aromatic heterocycles. The van der Waals surface area contributed by atoms with Gasteiger partial charge in [-0.05, 0) is 31.6 Å². The number of nitrogens with zero attached hydrogens (tertiary/aromatic N) is 2. The zero-order valence-electron chi connectivity index (χ0n) is 11.9. The van der Waals surface area contributed by atoms with Crippen molar-refractivity contribution in [2.24, 2.45) is 5.73 Å². The Kier molecular flexibility index (Phi) is 5.46. The van der Waals surface area contributed by atoms with Crippen LogP contribution in [0.15, 0.2) is 24.3 Å². The smallest absolute Gasteiger partial charge is 0.263 e. The minimum Gasteiger partial charge on any atom is -0.329 e. The lowest BCUT2D eigenvalue weighted by Gasteiger charge is -2.30. The summed E-state index contributed by atoms with van der Waals surface area (Å²) >= 11 is 0. The second kappa shape index (κ2) is 7.11. The standard InChI is InChI=1S/C15H23F2N3/c1-19-6-3-7-20(9-8-19)14(11-18)12-4-2-5-13(10-12)15(16)17/h2,4-5,10,14-15H,3,6-9,11,18H2,1H3. The number of nitrogens with two attached hydrogens (primary N) is 1. The summed E-state index contributed by atoms with van der Waals surface area (Å²) in [4.78, 5) is 4.61. The molecule has 1 unspecified atom stereocenters. The zero-order valence-corrected chi connectivity index (χ0v) is 11.9. The van der Waals surface area contributed by atoms with Gasteiger partial charge in [-0.15, -0.1) is 0 Å². The first-order valence-electron chi connectivity index (χ1n) is 7.12. The average Bonchev–Trinajstić information content (AvgIpc) is 2.65. The van der Waals surface area contributed by atoms with E-state index in [4.69, 9.17) is 5.73 Å². The van der Waals surface area contributed by atoms with Gasteiger partial charge in [-0.2, -0.15) is 0 Å². The highest BCUT2D eigenvalue weighted by Gasteiger charge is 2.22. The van der Waals surface area contributed by atoms with Crippen molar-refractivity contribution in [3.63, 3.8) is 0 Å². The Balaban J connectivity index is 2.16. The van der Waals surface area contributed by atoms with E-state index in [1.54, 1.807) is 12.1 Å². The molecule has 3 nitrogen and oxygen atoms in total. The summed E-state index contributed by atoms with van der Waals surface area (Å²) in [7, 11) is 2.11. The van der Waals surface area contributed by atoms with Crippen LogP contribution in [0.1, 0.15) is 30.0 Å². The van der Waals surface area contributed by atoms with Crippen LogP contribution in [0, 0.1) is 0 Å². The lowest BCUT2D eigenvalue weighted by molar-refractivity contribution is 0.150. The maximum Gasteiger partial charge on any atom is 0.263 e. The van der Waals surface area contributed by atoms with Gasteiger partial charge in [0.25, 0.3) is 6.43 Å². The van der Waals surface area contributed by atoms with Crippen molar-refractivity contribution < 1.29 is 8.78 Å². The number of rotatable bonds is 4. The van der Waals surface area contributed by atoms with Crippen LogP contribution in [0.4, 0.5) is 8.78 Å². The lowest BCUT2D eigenvalue weighted by Crippen LogP contribution is -2.36. The van der Waals surface area contributed by atoms with E-state index in [9.17, 15) is 8.78 Å². The number of halogens is 2. The largest absolute Gasteiger partial charge is 0.329 e. The van der Waals surface area contributed by atoms with Crippen molar-refractivity contribution in [3.8, 4) is 0 Å². The molecule has 1 atom stereocenters. The third-order valence-electron chi connectivity index (χ3n) is 3.97. The van der Waals surface area contributed by atoms with Gasteiger partial charge in [0, 0.05) is 37.8 Å². The van der Waals surface area contributed by atoms with Gasteiger partial charge in [-0.3, -0.25) is 4.90 Å². The molecule has 1 aromatic rings. The van der Waals surface area contributed by atoms with Crippen LogP contribution in [0.2, 0.25) is 0 Å². The molecule has 1 aliphatic rings. The Hall–Kier alpha value is -1.04. The van der Waals surface area contributed by atoms with E-state index >= 15 is 0 Å². The fourth-order valence-electron chi connectivity index (χ4n) is 2.78. The first-order valence-corrected chi connectivity index (χ1v) is 7.12. The third-order valence-corrected chi connectivity index (χ3v) is 3.97. The second-order valence-electron chi connectivity index (χ2n) is 5.42. The van der Waals surface area contributed by atoms with E-state index in [2.05, 4.69) is 16.8 Å². The van der Waals surface area contributed by atoms with Crippen molar-refractivity contribution in [3.05, 3.63) is 35.4 Å². The van der Waals surface area contributed by atoms with Gasteiger partial charge in [0.15, 0.2) is 0 Å². The minimum atomic E-state index is -2.43. The molecule has 1 aromatic carbocycles. The fourth-order valence-corrected chi connectivity index (χ4v) is 2.78. The maximum atomic E-state index is 12.8. The van der Waals surface area contributed by atoms with Gasteiger partial charge < -0.3 is 10.6 Å². The zero-order chi connectivity index (χ0) is 14.5. The molecule has 0 bridgehead atoms. The number of hydrogen-bond donors (Lipinski definition) is 1. The topological polar surface area (TPSA) is 32.5 Å². The van der Waals surface area contributed by atoms with Gasteiger partial charge in [0.05, 0.1) is 0 Å². The van der Waals surface area contributed by atoms with Crippen molar-refractivity contribution in [2.45, 2.75) is 18.9 Å². The molecule has 20 heavy (non-hydrogen) atoms. The molecule has 1 aliphatic heterocycles. The predicted octanol–water partition coefficient (Wildman–Crippen LogP) is 2.26. The number of benzene rings is 1. The summed E-state index contributed by atoms with van der Waals surface area (Å²) in [5.41, 5.74) is 6.88. The van der Waals surface area contributed by atoms with Gasteiger partial charge in [-0.25, -0.2) is 8.78 Å². The van der Waals surface area contributed by atoms with Crippen LogP contribution in [0.25, 0.3) is 0 Å². The molecule has 2 rings (SSSR count). The first kappa shape index (κ1) is 15.4. The summed E-state index contributed by atoms with van der Waals surface area (Å²) in [6.07, 6.45) is -1.34. The van der Waals surface area contributed by atoms with E-state index in [0.717, 1.165) is 38.2 Å². The van der Waals surface area contributed by atoms with Crippen LogP contribution in [0.3, 0.4) is 0 Å². The molecule has 1 fully saturated rings. The number of alkyl halides is 2. The van der Waals surface area contributed by atoms with Crippen molar-refractivity contribution in [1.82, 2.24) is 9.80 Å². The van der Waals surface area contributed by atoms with Crippen LogP contribution in [0.5, 0.6) is 0 Å². The highest BCUT2D eigenvalue weighted by molar-refractivity contribution is 5.27. The summed E-state index contributed by atoms with van der Waals surface area (Å²) in [5, 5.41) is 0. The normalized spacial score (nSPS) is 20.1. The molecule has 2 N–H and O–H groups in total. The predicted molar refractivity (Wildman–Crippen MR) is 76.9 cm³/mol. The number of hydrogen-bond acceptors (Lipinski definition) is 3. The van der Waals surface area contributed by atoms with E-state index in [-0.39, 0.29) is 11.6 Å². The van der Waals surface area contributed by atoms with Crippen molar-refractivity contribution in [2.75, 3.05) is 39.8 Å². The second-order valence-corrected chi connectivity index (χ2v) is 5.42. The van der Waals surface area contributed by atoms with Crippen LogP contribution in [-0.4, -0.2) is 49.6 Å². The Morgan fingerprint density at radius 3 is 2.60 bits per heavy atom. The molecule has 5 heteroatoms. The quantitative estimate of drug-likeness (QED) is 0.920. The summed E-state index contributed by atoms with van der Waals surface area (Å²) in [6.45, 7) is 4.41. The highest BCUT2D eigenvalue weighted by atomic mass is 19.3. The molecule has 112 valence electrons. The molecular weight excluding hydrogens is 260 g/mol. The van der Waals surface area contributed by atoms with Gasteiger partial charge in [-0.1, -0.05) is 18.2 Å². The monoisotopic (exact) mass is 283 g/mol.